The zero-order chi connectivity index (χ0) is 38.4. The van der Waals surface area contributed by atoms with E-state index < -0.39 is 18.1 Å². The molecule has 3 heterocycles. The van der Waals surface area contributed by atoms with Crippen molar-refractivity contribution in [2.24, 2.45) is 5.73 Å². The maximum absolute atomic E-state index is 12.7. The molecule has 2 fully saturated rings. The van der Waals surface area contributed by atoms with Crippen LogP contribution in [-0.2, 0) is 31.3 Å². The zero-order valence-electron chi connectivity index (χ0n) is 30.6. The number of amides is 2. The number of benzene rings is 4. The first-order valence-corrected chi connectivity index (χ1v) is 18.7. The summed E-state index contributed by atoms with van der Waals surface area (Å²) in [5.74, 6) is -0.451. The van der Waals surface area contributed by atoms with Crippen molar-refractivity contribution in [1.82, 2.24) is 14.8 Å². The number of anilines is 3. The van der Waals surface area contributed by atoms with Crippen LogP contribution in [0.3, 0.4) is 0 Å². The maximum Gasteiger partial charge on any atom is 0.319 e. The molecule has 13 nitrogen and oxygen atoms in total. The molecule has 0 radical (unpaired) electrons. The average molecular weight is 789 g/mol. The van der Waals surface area contributed by atoms with Crippen LogP contribution >= 0.6 is 23.2 Å². The number of aromatic nitrogens is 3. The second kappa shape index (κ2) is 17.3. The van der Waals surface area contributed by atoms with E-state index in [9.17, 15) is 4.79 Å². The molecular weight excluding hydrogens is 745 g/mol. The summed E-state index contributed by atoms with van der Waals surface area (Å²) in [6.45, 7) is 4.27. The number of methoxy groups -OCH3 is 2. The first kappa shape index (κ1) is 38.4. The molecule has 55 heavy (non-hydrogen) atoms. The number of primary amides is 1. The number of hydrogen-bond acceptors (Lipinski definition) is 10. The molecule has 0 aliphatic carbocycles. The summed E-state index contributed by atoms with van der Waals surface area (Å²) < 4.78 is 31.4. The third kappa shape index (κ3) is 8.83. The van der Waals surface area contributed by atoms with Crippen LogP contribution in [0.1, 0.15) is 5.56 Å². The first-order valence-electron chi connectivity index (χ1n) is 17.9. The Bertz CT molecular complexity index is 2030. The highest BCUT2D eigenvalue weighted by molar-refractivity contribution is 6.35. The number of rotatable bonds is 14. The van der Waals surface area contributed by atoms with Crippen molar-refractivity contribution in [2.45, 2.75) is 24.7 Å². The van der Waals surface area contributed by atoms with Crippen molar-refractivity contribution >= 4 is 46.3 Å². The summed E-state index contributed by atoms with van der Waals surface area (Å²) in [5.41, 5.74) is 11.3. The van der Waals surface area contributed by atoms with E-state index in [0.717, 1.165) is 54.4 Å². The van der Waals surface area contributed by atoms with Gasteiger partial charge < -0.3 is 39.2 Å². The van der Waals surface area contributed by atoms with Gasteiger partial charge in [-0.25, -0.2) is 14.5 Å². The molecule has 1 aromatic heterocycles. The highest BCUT2D eigenvalue weighted by atomic mass is 35.5. The van der Waals surface area contributed by atoms with Gasteiger partial charge in [-0.3, -0.25) is 4.90 Å². The molecule has 2 N–H and O–H groups in total. The van der Waals surface area contributed by atoms with Gasteiger partial charge in [0.25, 0.3) is 0 Å². The molecule has 0 bridgehead atoms. The number of carbonyl (C=O) groups is 1. The molecule has 2 amide bonds. The van der Waals surface area contributed by atoms with Crippen LogP contribution in [0.5, 0.6) is 5.75 Å². The van der Waals surface area contributed by atoms with Crippen LogP contribution in [0.15, 0.2) is 104 Å². The topological polar surface area (TPSA) is 130 Å². The number of piperazine rings is 1. The Morgan fingerprint density at radius 1 is 0.945 bits per heavy atom. The predicted octanol–water partition coefficient (Wildman–Crippen LogP) is 6.43. The van der Waals surface area contributed by atoms with Gasteiger partial charge in [0.15, 0.2) is 6.29 Å². The summed E-state index contributed by atoms with van der Waals surface area (Å²) in [4.78, 5) is 22.9. The zero-order valence-corrected chi connectivity index (χ0v) is 32.1. The van der Waals surface area contributed by atoms with Crippen LogP contribution < -0.4 is 25.2 Å². The molecule has 2 saturated heterocycles. The van der Waals surface area contributed by atoms with Crippen LogP contribution in [0.2, 0.25) is 10.0 Å². The summed E-state index contributed by atoms with van der Waals surface area (Å²) in [5, 5.41) is 5.20. The predicted molar refractivity (Wildman–Crippen MR) is 212 cm³/mol. The molecule has 2 atom stereocenters. The molecule has 7 rings (SSSR count). The Morgan fingerprint density at radius 3 is 2.31 bits per heavy atom. The van der Waals surface area contributed by atoms with E-state index in [-0.39, 0.29) is 25.8 Å². The summed E-state index contributed by atoms with van der Waals surface area (Å²) in [6.07, 6.45) is 2.08. The quantitative estimate of drug-likeness (QED) is 0.126. The minimum Gasteiger partial charge on any atom is -0.491 e. The van der Waals surface area contributed by atoms with Crippen molar-refractivity contribution in [2.75, 3.05) is 74.9 Å². The smallest absolute Gasteiger partial charge is 0.319 e. The van der Waals surface area contributed by atoms with Gasteiger partial charge in [-0.1, -0.05) is 59.6 Å². The Morgan fingerprint density at radius 2 is 1.65 bits per heavy atom. The molecule has 288 valence electrons. The lowest BCUT2D eigenvalue weighted by Crippen LogP contribution is -2.46. The Labute approximate surface area is 330 Å². The molecular formula is C40H43Cl2N7O6. The number of halogens is 2. The third-order valence-electron chi connectivity index (χ3n) is 9.80. The van der Waals surface area contributed by atoms with Crippen molar-refractivity contribution in [3.05, 3.63) is 119 Å². The van der Waals surface area contributed by atoms with Gasteiger partial charge in [0.05, 0.1) is 23.9 Å². The number of nitrogens with two attached hydrogens (primary N) is 1. The normalized spacial score (nSPS) is 18.5. The van der Waals surface area contributed by atoms with Gasteiger partial charge in [-0.05, 0) is 60.2 Å². The Hall–Kier alpha value is -4.89. The minimum absolute atomic E-state index is 0.151. The fourth-order valence-electron chi connectivity index (χ4n) is 6.95. The Balaban J connectivity index is 0.979. The van der Waals surface area contributed by atoms with E-state index in [4.69, 9.17) is 52.6 Å². The van der Waals surface area contributed by atoms with E-state index in [2.05, 4.69) is 38.1 Å². The van der Waals surface area contributed by atoms with Crippen molar-refractivity contribution in [3.8, 4) is 16.9 Å². The van der Waals surface area contributed by atoms with Gasteiger partial charge in [-0.15, -0.1) is 0 Å². The van der Waals surface area contributed by atoms with E-state index in [1.165, 1.54) is 25.4 Å². The number of hydrogen-bond donors (Lipinski definition) is 1. The monoisotopic (exact) mass is 787 g/mol. The number of ether oxygens (including phenoxy) is 5. The SMILES string of the molecule is COC(CN(C(N)=O)c1ccc(N2CCN(c3ccc(OCC4COC(Cn5cncn5)(c5ccc(Cl)cc5Cl)O4)cc3)CC2)cc1-c1ccccc1)OC. The number of urea groups is 1. The average Bonchev–Trinajstić information content (AvgIpc) is 3.88. The lowest BCUT2D eigenvalue weighted by atomic mass is 10.0. The van der Waals surface area contributed by atoms with Crippen molar-refractivity contribution in [1.29, 1.82) is 0 Å². The molecule has 2 unspecified atom stereocenters. The van der Waals surface area contributed by atoms with Gasteiger partial charge in [0.2, 0.25) is 5.79 Å². The molecule has 5 aromatic rings. The van der Waals surface area contributed by atoms with E-state index in [1.54, 1.807) is 23.1 Å². The molecule has 0 saturated carbocycles. The van der Waals surface area contributed by atoms with Crippen molar-refractivity contribution < 1.29 is 28.5 Å². The second-order valence-electron chi connectivity index (χ2n) is 13.2. The minimum atomic E-state index is -1.18. The van der Waals surface area contributed by atoms with Gasteiger partial charge in [-0.2, -0.15) is 5.10 Å². The maximum atomic E-state index is 12.7. The van der Waals surface area contributed by atoms with Crippen LogP contribution in [0.25, 0.3) is 11.1 Å². The van der Waals surface area contributed by atoms with Gasteiger partial charge in [0.1, 0.15) is 37.7 Å². The highest BCUT2D eigenvalue weighted by Crippen LogP contribution is 2.41. The highest BCUT2D eigenvalue weighted by Gasteiger charge is 2.45. The molecule has 15 heteroatoms. The van der Waals surface area contributed by atoms with Crippen molar-refractivity contribution in [3.63, 3.8) is 0 Å². The number of nitrogens with zero attached hydrogens (tertiary/aromatic N) is 6. The fraction of sp³-hybridized carbons (Fsp3) is 0.325. The molecule has 0 spiro atoms. The van der Waals surface area contributed by atoms with E-state index in [1.807, 2.05) is 60.7 Å². The van der Waals surface area contributed by atoms with E-state index >= 15 is 0 Å². The summed E-state index contributed by atoms with van der Waals surface area (Å²) >= 11 is 12.8. The summed E-state index contributed by atoms with van der Waals surface area (Å²) in [6, 6.07) is 28.8. The lowest BCUT2D eigenvalue weighted by Gasteiger charge is -2.38. The Kier molecular flexibility index (Phi) is 12.1. The molecule has 2 aliphatic heterocycles. The number of carbonyl (C=O) groups excluding carboxylic acids is 1. The molecule has 4 aromatic carbocycles. The van der Waals surface area contributed by atoms with Gasteiger partial charge in [0, 0.05) is 67.9 Å². The third-order valence-corrected chi connectivity index (χ3v) is 10.3. The first-order chi connectivity index (χ1) is 26.7. The standard InChI is InChI=1S/C40H43Cl2N7O6/c1-51-38(52-2)22-49(39(43)50)37-15-11-31(21-34(37)28-6-4-3-5-7-28)47-18-16-46(17-19-47)30-9-12-32(13-10-30)53-23-33-24-54-40(55-33,25-48-27-44-26-45-48)35-14-8-29(41)20-36(35)42/h3-15,20-21,26-27,33,38H,16-19,22-25H2,1-2H3,(H2,43,50). The summed E-state index contributed by atoms with van der Waals surface area (Å²) in [7, 11) is 3.07. The largest absolute Gasteiger partial charge is 0.491 e. The van der Waals surface area contributed by atoms with E-state index in [0.29, 0.717) is 27.9 Å². The fourth-order valence-corrected chi connectivity index (χ4v) is 7.51. The van der Waals surface area contributed by atoms with Crippen LogP contribution in [0, 0.1) is 0 Å². The van der Waals surface area contributed by atoms with Crippen LogP contribution in [0.4, 0.5) is 21.9 Å². The second-order valence-corrected chi connectivity index (χ2v) is 14.1. The lowest BCUT2D eigenvalue weighted by molar-refractivity contribution is -0.190. The van der Waals surface area contributed by atoms with Crippen LogP contribution in [-0.4, -0.2) is 93.3 Å². The van der Waals surface area contributed by atoms with Gasteiger partial charge >= 0.3 is 6.03 Å². The molecule has 2 aliphatic rings.